The van der Waals surface area contributed by atoms with Crippen molar-refractivity contribution in [3.05, 3.63) is 167 Å². The van der Waals surface area contributed by atoms with Gasteiger partial charge in [0.1, 0.15) is 5.76 Å². The van der Waals surface area contributed by atoms with Gasteiger partial charge in [-0.2, -0.15) is 0 Å². The Bertz CT molecular complexity index is 1840. The maximum absolute atomic E-state index is 11.8. The fourth-order valence-electron chi connectivity index (χ4n) is 4.82. The molecule has 1 aromatic heterocycles. The number of aromatic nitrogens is 1. The second-order valence-corrected chi connectivity index (χ2v) is 10.3. The molecule has 0 saturated heterocycles. The van der Waals surface area contributed by atoms with E-state index in [9.17, 15) is 9.90 Å². The van der Waals surface area contributed by atoms with Gasteiger partial charge in [0, 0.05) is 42.7 Å². The second kappa shape index (κ2) is 14.5. The summed E-state index contributed by atoms with van der Waals surface area (Å²) in [5.41, 5.74) is 10.3. The summed E-state index contributed by atoms with van der Waals surface area (Å²) in [6.07, 6.45) is 1.24. The molecule has 1 N–H and O–H groups in total. The summed E-state index contributed by atoms with van der Waals surface area (Å²) in [4.78, 5) is 16.7. The molecule has 215 valence electrons. The van der Waals surface area contributed by atoms with Gasteiger partial charge >= 0.3 is 0 Å². The van der Waals surface area contributed by atoms with E-state index in [0.29, 0.717) is 11.1 Å². The summed E-state index contributed by atoms with van der Waals surface area (Å²) in [6, 6.07) is 44.8. The van der Waals surface area contributed by atoms with Crippen molar-refractivity contribution in [3.63, 3.8) is 0 Å². The fourth-order valence-corrected chi connectivity index (χ4v) is 4.82. The zero-order chi connectivity index (χ0) is 29.5. The minimum atomic E-state index is -0.202. The predicted octanol–water partition coefficient (Wildman–Crippen LogP) is 9.76. The van der Waals surface area contributed by atoms with E-state index in [-0.39, 0.29) is 31.6 Å². The van der Waals surface area contributed by atoms with Crippen molar-refractivity contribution in [1.82, 2.24) is 4.98 Å². The van der Waals surface area contributed by atoms with Gasteiger partial charge in [0.05, 0.1) is 5.52 Å². The van der Waals surface area contributed by atoms with Crippen molar-refractivity contribution in [2.75, 3.05) is 0 Å². The van der Waals surface area contributed by atoms with E-state index in [2.05, 4.69) is 87.5 Å². The molecule has 3 nitrogen and oxygen atoms in total. The molecule has 0 spiro atoms. The van der Waals surface area contributed by atoms with Crippen molar-refractivity contribution < 1.29 is 30.0 Å². The van der Waals surface area contributed by atoms with Crippen LogP contribution in [0.3, 0.4) is 0 Å². The number of nitrogens with zero attached hydrogens (tertiary/aromatic N) is 1. The number of allylic oxidation sites excluding steroid dienone is 1. The Hall–Kier alpha value is -4.63. The number of hydrogen-bond acceptors (Lipinski definition) is 3. The van der Waals surface area contributed by atoms with Crippen LogP contribution in [0.15, 0.2) is 133 Å². The zero-order valence-electron chi connectivity index (χ0n) is 24.3. The molecule has 0 aliphatic heterocycles. The van der Waals surface area contributed by atoms with Gasteiger partial charge in [-0.1, -0.05) is 129 Å². The normalized spacial score (nSPS) is 10.8. The monoisotopic (exact) mass is 739 g/mol. The second-order valence-electron chi connectivity index (χ2n) is 10.3. The smallest absolute Gasteiger partial charge is 0.189 e. The molecule has 0 atom stereocenters. The molecule has 0 aliphatic carbocycles. The van der Waals surface area contributed by atoms with Crippen LogP contribution in [0.4, 0.5) is 0 Å². The van der Waals surface area contributed by atoms with Crippen LogP contribution in [0.1, 0.15) is 32.6 Å². The standard InChI is InChI=1S/C24H20N.C15H12O2.Ir/c1-16-8-10-19(11-9-16)22-15-24(20-13-17(2)12-18(3)14-20)25-23-7-5-4-6-21(22)23;16-14(12-7-3-1-4-8-12)11-15(17)13-9-5-2-6-10-13;/h4-13,15H,1-3H3;1-11,16H;/q-1;;. The van der Waals surface area contributed by atoms with Crippen molar-refractivity contribution in [1.29, 1.82) is 0 Å². The summed E-state index contributed by atoms with van der Waals surface area (Å²) < 4.78 is 0. The Kier molecular flexibility index (Phi) is 10.6. The number of benzene rings is 5. The van der Waals surface area contributed by atoms with E-state index in [4.69, 9.17) is 4.98 Å². The SMILES string of the molecule is Cc1[c-]c(-c2cc(-c3ccc(C)cc3)c3ccccc3n2)cc(C)c1.O=C(C=C(O)c1ccccc1)c1ccccc1.[Ir]. The quantitative estimate of drug-likeness (QED) is 0.0830. The molecule has 5 aromatic carbocycles. The molecule has 1 radical (unpaired) electrons. The molecule has 1 heterocycles. The summed E-state index contributed by atoms with van der Waals surface area (Å²) in [5, 5.41) is 11.0. The predicted molar refractivity (Wildman–Crippen MR) is 173 cm³/mol. The van der Waals surface area contributed by atoms with E-state index in [1.54, 1.807) is 36.4 Å². The van der Waals surface area contributed by atoms with Gasteiger partial charge in [0.25, 0.3) is 0 Å². The zero-order valence-corrected chi connectivity index (χ0v) is 26.7. The van der Waals surface area contributed by atoms with Crippen LogP contribution in [-0.4, -0.2) is 15.9 Å². The van der Waals surface area contributed by atoms with Gasteiger partial charge in [-0.3, -0.25) is 9.78 Å². The number of pyridine rings is 1. The van der Waals surface area contributed by atoms with Gasteiger partial charge < -0.3 is 5.11 Å². The Balaban J connectivity index is 0.000000207. The van der Waals surface area contributed by atoms with Gasteiger partial charge in [0.15, 0.2) is 5.78 Å². The Morgan fingerprint density at radius 3 is 1.95 bits per heavy atom. The number of carbonyl (C=O) groups excluding carboxylic acids is 1. The molecule has 6 aromatic rings. The molecule has 0 amide bonds. The first-order valence-corrected chi connectivity index (χ1v) is 13.9. The van der Waals surface area contributed by atoms with E-state index in [1.165, 1.54) is 33.7 Å². The largest absolute Gasteiger partial charge is 0.507 e. The number of para-hydroxylation sites is 1. The van der Waals surface area contributed by atoms with Crippen LogP contribution in [-0.2, 0) is 20.1 Å². The van der Waals surface area contributed by atoms with Crippen LogP contribution < -0.4 is 0 Å². The maximum atomic E-state index is 11.8. The summed E-state index contributed by atoms with van der Waals surface area (Å²) in [7, 11) is 0. The van der Waals surface area contributed by atoms with Crippen LogP contribution in [0.25, 0.3) is 39.0 Å². The van der Waals surface area contributed by atoms with Crippen molar-refractivity contribution in [2.45, 2.75) is 20.8 Å². The molecule has 43 heavy (non-hydrogen) atoms. The molecular weight excluding hydrogens is 707 g/mol. The van der Waals surface area contributed by atoms with Crippen LogP contribution in [0.2, 0.25) is 0 Å². The van der Waals surface area contributed by atoms with Gasteiger partial charge in [-0.15, -0.1) is 34.9 Å². The van der Waals surface area contributed by atoms with E-state index in [0.717, 1.165) is 22.3 Å². The minimum Gasteiger partial charge on any atom is -0.507 e. The summed E-state index contributed by atoms with van der Waals surface area (Å²) in [6.45, 7) is 6.31. The third kappa shape index (κ3) is 8.02. The molecule has 0 unspecified atom stereocenters. The van der Waals surface area contributed by atoms with Gasteiger partial charge in [-0.05, 0) is 29.8 Å². The van der Waals surface area contributed by atoms with Crippen LogP contribution >= 0.6 is 0 Å². The Morgan fingerprint density at radius 1 is 0.698 bits per heavy atom. The van der Waals surface area contributed by atoms with Gasteiger partial charge in [-0.25, -0.2) is 0 Å². The molecule has 0 aliphatic rings. The maximum Gasteiger partial charge on any atom is 0.189 e. The van der Waals surface area contributed by atoms with Crippen molar-refractivity contribution >= 4 is 22.4 Å². The van der Waals surface area contributed by atoms with E-state index in [1.807, 2.05) is 30.3 Å². The molecule has 6 rings (SSSR count). The number of aliphatic hydroxyl groups is 1. The summed E-state index contributed by atoms with van der Waals surface area (Å²) in [5.74, 6) is -0.216. The first-order chi connectivity index (χ1) is 20.4. The molecule has 4 heteroatoms. The molecule has 0 saturated carbocycles. The number of fused-ring (bicyclic) bond motifs is 1. The third-order valence-electron chi connectivity index (χ3n) is 6.90. The Labute approximate surface area is 267 Å². The molecular formula is C39H32IrNO2-. The number of rotatable bonds is 5. The average Bonchev–Trinajstić information content (AvgIpc) is 3.01. The number of ketones is 1. The van der Waals surface area contributed by atoms with E-state index >= 15 is 0 Å². The fraction of sp³-hybridized carbons (Fsp3) is 0.0769. The number of aryl methyl sites for hydroxylation is 3. The first-order valence-electron chi connectivity index (χ1n) is 13.9. The van der Waals surface area contributed by atoms with Crippen molar-refractivity contribution in [2.24, 2.45) is 0 Å². The van der Waals surface area contributed by atoms with E-state index < -0.39 is 0 Å². The molecule has 0 bridgehead atoms. The topological polar surface area (TPSA) is 50.2 Å². The average molecular weight is 739 g/mol. The first kappa shape index (κ1) is 31.3. The van der Waals surface area contributed by atoms with Gasteiger partial charge in [0.2, 0.25) is 0 Å². The number of aliphatic hydroxyl groups excluding tert-OH is 1. The third-order valence-corrected chi connectivity index (χ3v) is 6.90. The van der Waals surface area contributed by atoms with Crippen molar-refractivity contribution in [3.8, 4) is 22.4 Å². The molecule has 0 fully saturated rings. The van der Waals surface area contributed by atoms with Crippen LogP contribution in [0.5, 0.6) is 0 Å². The van der Waals surface area contributed by atoms with Crippen LogP contribution in [0, 0.1) is 26.8 Å². The summed E-state index contributed by atoms with van der Waals surface area (Å²) >= 11 is 0. The number of hydrogen-bond donors (Lipinski definition) is 1. The number of carbonyl (C=O) groups is 1. The minimum absolute atomic E-state index is 0. The Morgan fingerprint density at radius 2 is 1.30 bits per heavy atom.